The summed E-state index contributed by atoms with van der Waals surface area (Å²) in [6, 6.07) is 15.5. The van der Waals surface area contributed by atoms with Crippen LogP contribution < -0.4 is 16.3 Å². The van der Waals surface area contributed by atoms with Crippen LogP contribution in [0, 0.1) is 0 Å². The van der Waals surface area contributed by atoms with E-state index in [9.17, 15) is 4.79 Å². The number of nitrogens with zero attached hydrogens (tertiary/aromatic N) is 2. The van der Waals surface area contributed by atoms with Crippen molar-refractivity contribution in [3.05, 3.63) is 60.3 Å². The van der Waals surface area contributed by atoms with E-state index < -0.39 is 0 Å². The summed E-state index contributed by atoms with van der Waals surface area (Å²) in [5.41, 5.74) is 9.57. The van der Waals surface area contributed by atoms with Crippen LogP contribution in [0.4, 0.5) is 4.79 Å². The van der Waals surface area contributed by atoms with Crippen molar-refractivity contribution in [2.24, 2.45) is 11.6 Å². The molecule has 0 bridgehead atoms. The molecule has 0 spiro atoms. The Kier molecular flexibility index (Phi) is 5.98. The van der Waals surface area contributed by atoms with Crippen molar-refractivity contribution < 1.29 is 9.53 Å². The molecule has 27 heavy (non-hydrogen) atoms. The van der Waals surface area contributed by atoms with Crippen molar-refractivity contribution >= 4 is 11.7 Å². The van der Waals surface area contributed by atoms with E-state index in [2.05, 4.69) is 0 Å². The lowest BCUT2D eigenvalue weighted by atomic mass is 10.0. The normalized spacial score (nSPS) is 14.7. The number of hydrogen-bond donors (Lipinski definition) is 2. The average Bonchev–Trinajstić information content (AvgIpc) is 2.74. The van der Waals surface area contributed by atoms with Crippen LogP contribution in [-0.4, -0.2) is 36.1 Å². The molecule has 3 rings (SSSR count). The number of rotatable bonds is 4. The number of amides is 2. The summed E-state index contributed by atoms with van der Waals surface area (Å²) in [7, 11) is 1.65. The molecule has 1 fully saturated rings. The van der Waals surface area contributed by atoms with Crippen LogP contribution in [0.3, 0.4) is 0 Å². The Bertz CT molecular complexity index is 794. The van der Waals surface area contributed by atoms with Gasteiger partial charge in [0.15, 0.2) is 0 Å². The number of hydrogen-bond acceptors (Lipinski definition) is 4. The maximum atomic E-state index is 12.4. The molecule has 1 aliphatic rings. The summed E-state index contributed by atoms with van der Waals surface area (Å²) < 4.78 is 5.18. The lowest BCUT2D eigenvalue weighted by Gasteiger charge is -2.29. The van der Waals surface area contributed by atoms with Crippen molar-refractivity contribution in [3.63, 3.8) is 0 Å². The van der Waals surface area contributed by atoms with Gasteiger partial charge >= 0.3 is 6.03 Å². The minimum Gasteiger partial charge on any atom is -0.497 e. The molecule has 1 heterocycles. The highest BCUT2D eigenvalue weighted by molar-refractivity contribution is 5.77. The highest BCUT2D eigenvalue weighted by atomic mass is 16.5. The summed E-state index contributed by atoms with van der Waals surface area (Å²) in [5, 5.41) is 1.08. The molecule has 0 atom stereocenters. The molecule has 2 amide bonds. The number of methoxy groups -OCH3 is 1. The molecule has 0 saturated carbocycles. The second-order valence-electron chi connectivity index (χ2n) is 6.63. The minimum atomic E-state index is -0.215. The fraction of sp³-hybridized carbons (Fsp3) is 0.286. The molecule has 1 saturated heterocycles. The number of hydrazine groups is 1. The molecular weight excluding hydrogens is 340 g/mol. The summed E-state index contributed by atoms with van der Waals surface area (Å²) in [5.74, 6) is 6.73. The largest absolute Gasteiger partial charge is 0.497 e. The first-order valence-electron chi connectivity index (χ1n) is 9.13. The number of ether oxygens (including phenoxy) is 1. The lowest BCUT2D eigenvalue weighted by Crippen LogP contribution is -2.46. The maximum Gasteiger partial charge on any atom is 0.338 e. The minimum absolute atomic E-state index is 0.215. The Morgan fingerprint density at radius 3 is 2.11 bits per heavy atom. The van der Waals surface area contributed by atoms with E-state index in [0.717, 1.165) is 59.8 Å². The van der Waals surface area contributed by atoms with Gasteiger partial charge in [-0.05, 0) is 48.1 Å². The topological polar surface area (TPSA) is 84.8 Å². The van der Waals surface area contributed by atoms with Crippen molar-refractivity contribution in [2.75, 3.05) is 20.2 Å². The Morgan fingerprint density at radius 2 is 1.56 bits per heavy atom. The van der Waals surface area contributed by atoms with Gasteiger partial charge in [-0.2, -0.15) is 0 Å². The summed E-state index contributed by atoms with van der Waals surface area (Å²) >= 11 is 0. The molecule has 0 radical (unpaired) electrons. The van der Waals surface area contributed by atoms with Crippen LogP contribution in [0.15, 0.2) is 54.7 Å². The van der Waals surface area contributed by atoms with Gasteiger partial charge in [0.25, 0.3) is 0 Å². The predicted molar refractivity (Wildman–Crippen MR) is 107 cm³/mol. The van der Waals surface area contributed by atoms with E-state index >= 15 is 0 Å². The van der Waals surface area contributed by atoms with Crippen molar-refractivity contribution in [2.45, 2.75) is 19.3 Å². The third-order valence-electron chi connectivity index (χ3n) is 4.77. The van der Waals surface area contributed by atoms with Gasteiger partial charge < -0.3 is 15.4 Å². The molecule has 1 aliphatic heterocycles. The van der Waals surface area contributed by atoms with Crippen LogP contribution in [0.1, 0.15) is 24.8 Å². The molecule has 6 heteroatoms. The zero-order valence-corrected chi connectivity index (χ0v) is 15.6. The summed E-state index contributed by atoms with van der Waals surface area (Å²) in [6.45, 7) is 1.49. The SMILES string of the molecule is COc1ccc(-c2ccc(/C(N)=C/N(N)C(=O)N3CCCCC3)cc2)cc1. The van der Waals surface area contributed by atoms with Crippen molar-refractivity contribution in [3.8, 4) is 16.9 Å². The molecule has 0 aromatic heterocycles. The van der Waals surface area contributed by atoms with Crippen LogP contribution in [-0.2, 0) is 0 Å². The monoisotopic (exact) mass is 366 g/mol. The van der Waals surface area contributed by atoms with E-state index in [1.807, 2.05) is 48.5 Å². The van der Waals surface area contributed by atoms with Crippen molar-refractivity contribution in [1.29, 1.82) is 0 Å². The van der Waals surface area contributed by atoms with E-state index in [-0.39, 0.29) is 6.03 Å². The quantitative estimate of drug-likeness (QED) is 0.493. The molecule has 0 unspecified atom stereocenters. The Morgan fingerprint density at radius 1 is 1.00 bits per heavy atom. The van der Waals surface area contributed by atoms with Crippen molar-refractivity contribution in [1.82, 2.24) is 9.91 Å². The number of benzene rings is 2. The first kappa shape index (κ1) is 18.8. The van der Waals surface area contributed by atoms with Gasteiger partial charge in [-0.3, -0.25) is 0 Å². The van der Waals surface area contributed by atoms with Gasteiger partial charge in [0.05, 0.1) is 12.8 Å². The lowest BCUT2D eigenvalue weighted by molar-refractivity contribution is 0.159. The highest BCUT2D eigenvalue weighted by Gasteiger charge is 2.19. The molecular formula is C21H26N4O2. The maximum absolute atomic E-state index is 12.4. The zero-order valence-electron chi connectivity index (χ0n) is 15.6. The van der Waals surface area contributed by atoms with Gasteiger partial charge in [0.2, 0.25) is 0 Å². The second kappa shape index (κ2) is 8.60. The molecule has 6 nitrogen and oxygen atoms in total. The number of nitrogens with two attached hydrogens (primary N) is 2. The second-order valence-corrected chi connectivity index (χ2v) is 6.63. The van der Waals surface area contributed by atoms with Crippen LogP contribution in [0.5, 0.6) is 5.75 Å². The summed E-state index contributed by atoms with van der Waals surface area (Å²) in [4.78, 5) is 14.1. The Balaban J connectivity index is 1.69. The third kappa shape index (κ3) is 4.60. The van der Waals surface area contributed by atoms with E-state index in [1.54, 1.807) is 12.0 Å². The number of carbonyl (C=O) groups excluding carboxylic acids is 1. The van der Waals surface area contributed by atoms with Crippen LogP contribution in [0.2, 0.25) is 0 Å². The van der Waals surface area contributed by atoms with Gasteiger partial charge in [-0.1, -0.05) is 36.4 Å². The fourth-order valence-electron chi connectivity index (χ4n) is 3.17. The molecule has 4 N–H and O–H groups in total. The Hall–Kier alpha value is -2.99. The van der Waals surface area contributed by atoms with Gasteiger partial charge in [0.1, 0.15) is 5.75 Å². The fourth-order valence-corrected chi connectivity index (χ4v) is 3.17. The first-order chi connectivity index (χ1) is 13.1. The molecule has 0 aliphatic carbocycles. The van der Waals surface area contributed by atoms with Gasteiger partial charge in [-0.25, -0.2) is 15.6 Å². The number of urea groups is 1. The van der Waals surface area contributed by atoms with Gasteiger partial charge in [-0.15, -0.1) is 0 Å². The van der Waals surface area contributed by atoms with Gasteiger partial charge in [0, 0.05) is 19.3 Å². The van der Waals surface area contributed by atoms with E-state index in [0.29, 0.717) is 5.70 Å². The first-order valence-corrected chi connectivity index (χ1v) is 9.13. The number of carbonyl (C=O) groups is 1. The smallest absolute Gasteiger partial charge is 0.338 e. The predicted octanol–water partition coefficient (Wildman–Crippen LogP) is 3.40. The van der Waals surface area contributed by atoms with Crippen LogP contribution >= 0.6 is 0 Å². The number of likely N-dealkylation sites (tertiary alicyclic amines) is 1. The Labute approximate surface area is 160 Å². The van der Waals surface area contributed by atoms with Crippen LogP contribution in [0.25, 0.3) is 16.8 Å². The van der Waals surface area contributed by atoms with E-state index in [4.69, 9.17) is 16.3 Å². The average molecular weight is 366 g/mol. The summed E-state index contributed by atoms with van der Waals surface area (Å²) in [6.07, 6.45) is 4.68. The third-order valence-corrected chi connectivity index (χ3v) is 4.77. The number of piperidine rings is 1. The highest BCUT2D eigenvalue weighted by Crippen LogP contribution is 2.23. The van der Waals surface area contributed by atoms with E-state index in [1.165, 1.54) is 6.20 Å². The zero-order chi connectivity index (χ0) is 19.2. The molecule has 2 aromatic carbocycles. The molecule has 2 aromatic rings. The standard InChI is InChI=1S/C21H26N4O2/c1-27-19-11-9-17(10-12-19)16-5-7-18(8-6-16)20(22)15-25(23)21(26)24-13-3-2-4-14-24/h5-12,15H,2-4,13-14,22-23H2,1H3/b20-15-. The molecule has 142 valence electrons.